The molecular weight excluding hydrogens is 572 g/mol. The molecular formula is C29H26F4N6O2S. The number of Topliss-reactive ketones (excluding diaryl/α,β-unsaturated/α-hetero) is 1. The minimum atomic E-state index is -4.58. The van der Waals surface area contributed by atoms with E-state index < -0.39 is 33.9 Å². The van der Waals surface area contributed by atoms with Gasteiger partial charge in [-0.1, -0.05) is 5.57 Å². The van der Waals surface area contributed by atoms with Gasteiger partial charge in [-0.15, -0.1) is 0 Å². The fourth-order valence-electron chi connectivity index (χ4n) is 5.89. The van der Waals surface area contributed by atoms with Crippen LogP contribution in [0.5, 0.6) is 0 Å². The molecule has 1 fully saturated rings. The second-order valence-corrected chi connectivity index (χ2v) is 12.1. The van der Waals surface area contributed by atoms with Crippen LogP contribution < -0.4 is 0 Å². The lowest BCUT2D eigenvalue weighted by Crippen LogP contribution is -2.48. The highest BCUT2D eigenvalue weighted by atomic mass is 32.2. The molecule has 0 N–H and O–H groups in total. The molecule has 0 saturated heterocycles. The van der Waals surface area contributed by atoms with Crippen molar-refractivity contribution in [2.24, 2.45) is 12.5 Å². The number of aromatic nitrogens is 5. The van der Waals surface area contributed by atoms with Crippen LogP contribution in [0, 0.1) is 11.2 Å². The number of fused-ring (bicyclic) bond motifs is 2. The highest BCUT2D eigenvalue weighted by Gasteiger charge is 2.50. The third-order valence-electron chi connectivity index (χ3n) is 8.11. The van der Waals surface area contributed by atoms with E-state index in [0.29, 0.717) is 29.8 Å². The van der Waals surface area contributed by atoms with Crippen LogP contribution in [0.1, 0.15) is 46.6 Å². The number of carbonyl (C=O) groups is 1. The van der Waals surface area contributed by atoms with E-state index in [2.05, 4.69) is 15.2 Å². The summed E-state index contributed by atoms with van der Waals surface area (Å²) in [4.78, 5) is 18.2. The Morgan fingerprint density at radius 1 is 1.12 bits per heavy atom. The Bertz CT molecular complexity index is 1710. The summed E-state index contributed by atoms with van der Waals surface area (Å²) in [6.45, 7) is 0. The number of ketones is 1. The first-order chi connectivity index (χ1) is 20.0. The number of hydrogen-bond donors (Lipinski definition) is 0. The number of nitrogens with zero attached hydrogens (tertiary/aromatic N) is 6. The molecule has 1 saturated carbocycles. The van der Waals surface area contributed by atoms with Crippen molar-refractivity contribution in [1.29, 1.82) is 0 Å². The zero-order chi connectivity index (χ0) is 29.8. The first-order valence-corrected chi connectivity index (χ1v) is 14.3. The van der Waals surface area contributed by atoms with Crippen molar-refractivity contribution in [3.8, 4) is 5.69 Å². The molecule has 0 bridgehead atoms. The van der Waals surface area contributed by atoms with Crippen molar-refractivity contribution < 1.29 is 26.6 Å². The highest BCUT2D eigenvalue weighted by Crippen LogP contribution is 2.51. The number of pyridine rings is 1. The average Bonchev–Trinajstić information content (AvgIpc) is 3.60. The standard InChI is InChI=1S/C29H26F4N6O2S/c1-37-12-11-26(36-37)42(41)38(2)23-7-3-19-13-25-18(16-35-39(25)22-8-5-21(30)6-9-22)14-28(19,15-23)27(40)24-10-4-20(17-34-24)29(31,32)33/h4-6,8-13,16-17,23H,3,7,14-15H2,1-2H3. The van der Waals surface area contributed by atoms with Crippen LogP contribution >= 0.6 is 0 Å². The topological polar surface area (TPSA) is 85.9 Å². The van der Waals surface area contributed by atoms with Gasteiger partial charge in [-0.25, -0.2) is 17.6 Å². The molecule has 4 aromatic rings. The number of rotatable bonds is 6. The lowest BCUT2D eigenvalue weighted by Gasteiger charge is -2.45. The van der Waals surface area contributed by atoms with E-state index in [4.69, 9.17) is 0 Å². The summed E-state index contributed by atoms with van der Waals surface area (Å²) in [6.07, 6.45) is 2.94. The van der Waals surface area contributed by atoms with Crippen LogP contribution in [0.3, 0.4) is 0 Å². The van der Waals surface area contributed by atoms with Gasteiger partial charge in [-0.05, 0) is 79.8 Å². The lowest BCUT2D eigenvalue weighted by atomic mass is 9.60. The first-order valence-electron chi connectivity index (χ1n) is 13.2. The SMILES string of the molecule is CN(C1CCC2=Cc3c(cnn3-c3ccc(F)cc3)CC2(C(=O)c2ccc(C(F)(F)F)cn2)C1)S(=O)c1ccn(C)n1. The molecule has 3 unspecified atom stereocenters. The van der Waals surface area contributed by atoms with Gasteiger partial charge in [0, 0.05) is 32.5 Å². The highest BCUT2D eigenvalue weighted by molar-refractivity contribution is 7.82. The molecule has 6 rings (SSSR count). The Labute approximate surface area is 241 Å². The molecule has 218 valence electrons. The van der Waals surface area contributed by atoms with Gasteiger partial charge >= 0.3 is 6.18 Å². The van der Waals surface area contributed by atoms with Crippen molar-refractivity contribution in [2.75, 3.05) is 7.05 Å². The Balaban J connectivity index is 1.40. The van der Waals surface area contributed by atoms with Crippen LogP contribution in [-0.2, 0) is 30.6 Å². The van der Waals surface area contributed by atoms with Crippen molar-refractivity contribution in [3.05, 3.63) is 95.0 Å². The number of allylic oxidation sites excluding steroid dienone is 1. The van der Waals surface area contributed by atoms with E-state index in [1.807, 2.05) is 6.08 Å². The van der Waals surface area contributed by atoms with E-state index in [1.54, 1.807) is 58.4 Å². The summed E-state index contributed by atoms with van der Waals surface area (Å²) >= 11 is 0. The Morgan fingerprint density at radius 2 is 1.88 bits per heavy atom. The van der Waals surface area contributed by atoms with Crippen LogP contribution in [0.15, 0.2) is 71.7 Å². The van der Waals surface area contributed by atoms with Crippen molar-refractivity contribution in [1.82, 2.24) is 28.9 Å². The number of hydrogen-bond acceptors (Lipinski definition) is 5. The predicted octanol–water partition coefficient (Wildman–Crippen LogP) is 5.17. The van der Waals surface area contributed by atoms with Gasteiger partial charge in [0.1, 0.15) is 22.5 Å². The zero-order valence-corrected chi connectivity index (χ0v) is 23.5. The molecule has 42 heavy (non-hydrogen) atoms. The Hall–Kier alpha value is -3.97. The van der Waals surface area contributed by atoms with Gasteiger partial charge in [-0.2, -0.15) is 23.4 Å². The maximum absolute atomic E-state index is 14.3. The molecule has 13 heteroatoms. The smallest absolute Gasteiger partial charge is 0.291 e. The maximum Gasteiger partial charge on any atom is 0.417 e. The maximum atomic E-state index is 14.3. The van der Waals surface area contributed by atoms with Gasteiger partial charge in [0.05, 0.1) is 28.6 Å². The minimum Gasteiger partial charge on any atom is -0.291 e. The molecule has 3 heterocycles. The van der Waals surface area contributed by atoms with E-state index in [1.165, 1.54) is 12.1 Å². The summed E-state index contributed by atoms with van der Waals surface area (Å²) in [5.41, 5.74) is 0.822. The molecule has 2 aliphatic carbocycles. The third kappa shape index (κ3) is 4.90. The fourth-order valence-corrected chi connectivity index (χ4v) is 7.01. The van der Waals surface area contributed by atoms with E-state index in [9.17, 15) is 26.6 Å². The van der Waals surface area contributed by atoms with Crippen molar-refractivity contribution in [3.63, 3.8) is 0 Å². The molecule has 8 nitrogen and oxygen atoms in total. The summed E-state index contributed by atoms with van der Waals surface area (Å²) in [7, 11) is 1.86. The summed E-state index contributed by atoms with van der Waals surface area (Å²) in [5, 5.41) is 9.16. The summed E-state index contributed by atoms with van der Waals surface area (Å²) in [6, 6.07) is 9.26. The predicted molar refractivity (Wildman–Crippen MR) is 146 cm³/mol. The molecule has 2 aliphatic rings. The number of alkyl halides is 3. The lowest BCUT2D eigenvalue weighted by molar-refractivity contribution is -0.137. The number of carbonyl (C=O) groups excluding carboxylic acids is 1. The molecule has 0 aliphatic heterocycles. The van der Waals surface area contributed by atoms with Gasteiger partial charge in [-0.3, -0.25) is 14.5 Å². The van der Waals surface area contributed by atoms with E-state index in [-0.39, 0.29) is 30.4 Å². The normalized spacial score (nSPS) is 21.0. The minimum absolute atomic E-state index is 0.0718. The van der Waals surface area contributed by atoms with Gasteiger partial charge in [0.2, 0.25) is 0 Å². The molecule has 0 spiro atoms. The quantitative estimate of drug-likeness (QED) is 0.226. The monoisotopic (exact) mass is 598 g/mol. The average molecular weight is 599 g/mol. The Kier molecular flexibility index (Phi) is 6.97. The van der Waals surface area contributed by atoms with E-state index >= 15 is 0 Å². The molecule has 0 amide bonds. The van der Waals surface area contributed by atoms with Crippen LogP contribution in [-0.4, -0.2) is 51.9 Å². The second kappa shape index (κ2) is 10.4. The number of aryl methyl sites for hydroxylation is 1. The van der Waals surface area contributed by atoms with Crippen molar-refractivity contribution >= 4 is 22.8 Å². The van der Waals surface area contributed by atoms with E-state index in [0.717, 1.165) is 29.0 Å². The van der Waals surface area contributed by atoms with Gasteiger partial charge < -0.3 is 0 Å². The first kappa shape index (κ1) is 28.2. The van der Waals surface area contributed by atoms with Gasteiger partial charge in [0.25, 0.3) is 0 Å². The molecule has 3 atom stereocenters. The molecule has 1 aromatic carbocycles. The summed E-state index contributed by atoms with van der Waals surface area (Å²) < 4.78 is 71.6. The van der Waals surface area contributed by atoms with Crippen LogP contribution in [0.4, 0.5) is 17.6 Å². The fraction of sp³-hybridized carbons (Fsp3) is 0.310. The summed E-state index contributed by atoms with van der Waals surface area (Å²) in [5.74, 6) is -0.776. The molecule has 3 aromatic heterocycles. The van der Waals surface area contributed by atoms with Gasteiger partial charge in [0.15, 0.2) is 10.8 Å². The Morgan fingerprint density at radius 3 is 2.52 bits per heavy atom. The number of benzene rings is 1. The van der Waals surface area contributed by atoms with Crippen LogP contribution in [0.2, 0.25) is 0 Å². The second-order valence-electron chi connectivity index (χ2n) is 10.7. The zero-order valence-electron chi connectivity index (χ0n) is 22.7. The van der Waals surface area contributed by atoms with Crippen LogP contribution in [0.25, 0.3) is 11.8 Å². The third-order valence-corrected chi connectivity index (χ3v) is 9.51. The van der Waals surface area contributed by atoms with Crippen molar-refractivity contribution in [2.45, 2.75) is 42.9 Å². The largest absolute Gasteiger partial charge is 0.417 e. The molecule has 0 radical (unpaired) electrons. The number of halogens is 4.